The van der Waals surface area contributed by atoms with E-state index >= 15 is 0 Å². The van der Waals surface area contributed by atoms with Crippen LogP contribution in [0.15, 0.2) is 24.3 Å². The predicted molar refractivity (Wildman–Crippen MR) is 72.7 cm³/mol. The van der Waals surface area contributed by atoms with Gasteiger partial charge in [0.25, 0.3) is 0 Å². The summed E-state index contributed by atoms with van der Waals surface area (Å²) in [5, 5.41) is 13.1. The van der Waals surface area contributed by atoms with E-state index < -0.39 is 0 Å². The molecule has 1 fully saturated rings. The molecule has 2 N–H and O–H groups in total. The molecule has 3 heteroatoms. The van der Waals surface area contributed by atoms with Gasteiger partial charge in [-0.1, -0.05) is 18.6 Å². The Morgan fingerprint density at radius 3 is 2.72 bits per heavy atom. The first-order valence-corrected chi connectivity index (χ1v) is 6.79. The molecule has 18 heavy (non-hydrogen) atoms. The molecule has 1 aliphatic carbocycles. The molecule has 1 saturated carbocycles. The second-order valence-corrected chi connectivity index (χ2v) is 5.17. The number of benzene rings is 1. The molecule has 100 valence electrons. The quantitative estimate of drug-likeness (QED) is 0.841. The highest BCUT2D eigenvalue weighted by Crippen LogP contribution is 2.23. The number of hydrogen-bond acceptors (Lipinski definition) is 3. The minimum absolute atomic E-state index is 0.0773. The molecule has 1 aromatic carbocycles. The van der Waals surface area contributed by atoms with Gasteiger partial charge < -0.3 is 15.2 Å². The van der Waals surface area contributed by atoms with Gasteiger partial charge in [0, 0.05) is 6.54 Å². The van der Waals surface area contributed by atoms with Gasteiger partial charge in [-0.15, -0.1) is 0 Å². The molecule has 3 nitrogen and oxygen atoms in total. The molecular weight excluding hydrogens is 226 g/mol. The molecule has 0 bridgehead atoms. The third-order valence-corrected chi connectivity index (χ3v) is 3.68. The first kappa shape index (κ1) is 13.4. The topological polar surface area (TPSA) is 41.5 Å². The maximum absolute atomic E-state index is 9.61. The molecule has 0 amide bonds. The van der Waals surface area contributed by atoms with Crippen molar-refractivity contribution in [2.24, 2.45) is 5.92 Å². The van der Waals surface area contributed by atoms with Crippen LogP contribution in [0.3, 0.4) is 0 Å². The summed E-state index contributed by atoms with van der Waals surface area (Å²) in [4.78, 5) is 0. The van der Waals surface area contributed by atoms with Gasteiger partial charge >= 0.3 is 0 Å². The Balaban J connectivity index is 1.70. The predicted octanol–water partition coefficient (Wildman–Crippen LogP) is 2.34. The standard InChI is InChI=1S/C15H23NO2/c1-18-15-7-5-12(6-8-15)10-16-11-13-3-2-4-14(17)9-13/h5-8,13-14,16-17H,2-4,9-11H2,1H3. The van der Waals surface area contributed by atoms with Crippen molar-refractivity contribution in [2.45, 2.75) is 38.3 Å². The second kappa shape index (κ2) is 6.76. The zero-order chi connectivity index (χ0) is 12.8. The Labute approximate surface area is 109 Å². The molecule has 2 unspecified atom stereocenters. The maximum Gasteiger partial charge on any atom is 0.118 e. The van der Waals surface area contributed by atoms with E-state index in [4.69, 9.17) is 4.74 Å². The van der Waals surface area contributed by atoms with Crippen LogP contribution in [0.1, 0.15) is 31.2 Å². The SMILES string of the molecule is COc1ccc(CNCC2CCCC(O)C2)cc1. The van der Waals surface area contributed by atoms with Crippen LogP contribution in [0, 0.1) is 5.92 Å². The summed E-state index contributed by atoms with van der Waals surface area (Å²) in [6, 6.07) is 8.14. The smallest absolute Gasteiger partial charge is 0.118 e. The number of methoxy groups -OCH3 is 1. The first-order chi connectivity index (χ1) is 8.78. The summed E-state index contributed by atoms with van der Waals surface area (Å²) in [5.41, 5.74) is 1.27. The van der Waals surface area contributed by atoms with Crippen LogP contribution >= 0.6 is 0 Å². The molecule has 2 atom stereocenters. The van der Waals surface area contributed by atoms with Gasteiger partial charge in [0.15, 0.2) is 0 Å². The van der Waals surface area contributed by atoms with E-state index in [0.717, 1.165) is 38.1 Å². The van der Waals surface area contributed by atoms with Crippen molar-refractivity contribution in [2.75, 3.05) is 13.7 Å². The van der Waals surface area contributed by atoms with Crippen molar-refractivity contribution in [3.8, 4) is 5.75 Å². The molecule has 1 aliphatic rings. The monoisotopic (exact) mass is 249 g/mol. The zero-order valence-electron chi connectivity index (χ0n) is 11.1. The third kappa shape index (κ3) is 4.00. The molecule has 2 rings (SSSR count). The molecule has 0 radical (unpaired) electrons. The molecular formula is C15H23NO2. The van der Waals surface area contributed by atoms with Crippen molar-refractivity contribution in [1.82, 2.24) is 5.32 Å². The van der Waals surface area contributed by atoms with Crippen LogP contribution in [0.2, 0.25) is 0 Å². The Morgan fingerprint density at radius 2 is 2.06 bits per heavy atom. The minimum Gasteiger partial charge on any atom is -0.497 e. The van der Waals surface area contributed by atoms with Gasteiger partial charge in [-0.2, -0.15) is 0 Å². The minimum atomic E-state index is -0.0773. The third-order valence-electron chi connectivity index (χ3n) is 3.68. The van der Waals surface area contributed by atoms with E-state index in [9.17, 15) is 5.11 Å². The highest BCUT2D eigenvalue weighted by Gasteiger charge is 2.19. The van der Waals surface area contributed by atoms with Crippen molar-refractivity contribution < 1.29 is 9.84 Å². The summed E-state index contributed by atoms with van der Waals surface area (Å²) in [6.45, 7) is 1.89. The van der Waals surface area contributed by atoms with Gasteiger partial charge in [0.05, 0.1) is 13.2 Å². The van der Waals surface area contributed by atoms with E-state index in [1.165, 1.54) is 12.0 Å². The molecule has 0 heterocycles. The number of hydrogen-bond donors (Lipinski definition) is 2. The molecule has 0 saturated heterocycles. The molecule has 0 aromatic heterocycles. The van der Waals surface area contributed by atoms with Gasteiger partial charge in [-0.3, -0.25) is 0 Å². The molecule has 1 aromatic rings. The summed E-state index contributed by atoms with van der Waals surface area (Å²) in [7, 11) is 1.68. The van der Waals surface area contributed by atoms with Crippen LogP contribution < -0.4 is 10.1 Å². The Morgan fingerprint density at radius 1 is 1.28 bits per heavy atom. The second-order valence-electron chi connectivity index (χ2n) is 5.17. The Hall–Kier alpha value is -1.06. The average Bonchev–Trinajstić information content (AvgIpc) is 2.40. The lowest BCUT2D eigenvalue weighted by molar-refractivity contribution is 0.101. The highest BCUT2D eigenvalue weighted by atomic mass is 16.5. The van der Waals surface area contributed by atoms with E-state index in [-0.39, 0.29) is 6.10 Å². The van der Waals surface area contributed by atoms with Crippen LogP contribution in [0.5, 0.6) is 5.75 Å². The number of aliphatic hydroxyl groups is 1. The average molecular weight is 249 g/mol. The summed E-state index contributed by atoms with van der Waals surface area (Å²) < 4.78 is 5.13. The van der Waals surface area contributed by atoms with Crippen LogP contribution in [-0.4, -0.2) is 24.9 Å². The molecule has 0 spiro atoms. The zero-order valence-corrected chi connectivity index (χ0v) is 11.1. The lowest BCUT2D eigenvalue weighted by Gasteiger charge is -2.26. The molecule has 0 aliphatic heterocycles. The Kier molecular flexibility index (Phi) is 5.02. The number of nitrogens with one attached hydrogen (secondary N) is 1. The first-order valence-electron chi connectivity index (χ1n) is 6.79. The van der Waals surface area contributed by atoms with Gasteiger partial charge in [-0.05, 0) is 49.4 Å². The van der Waals surface area contributed by atoms with Crippen molar-refractivity contribution in [1.29, 1.82) is 0 Å². The summed E-state index contributed by atoms with van der Waals surface area (Å²) in [6.07, 6.45) is 4.26. The van der Waals surface area contributed by atoms with E-state index in [2.05, 4.69) is 17.4 Å². The Bertz CT molecular complexity index is 350. The fraction of sp³-hybridized carbons (Fsp3) is 0.600. The van der Waals surface area contributed by atoms with Gasteiger partial charge in [-0.25, -0.2) is 0 Å². The van der Waals surface area contributed by atoms with Gasteiger partial charge in [0.2, 0.25) is 0 Å². The lowest BCUT2D eigenvalue weighted by Crippen LogP contribution is -2.28. The maximum atomic E-state index is 9.61. The fourth-order valence-electron chi connectivity index (χ4n) is 2.61. The van der Waals surface area contributed by atoms with Crippen LogP contribution in [-0.2, 0) is 6.54 Å². The van der Waals surface area contributed by atoms with Crippen molar-refractivity contribution in [3.05, 3.63) is 29.8 Å². The van der Waals surface area contributed by atoms with E-state index in [1.54, 1.807) is 7.11 Å². The van der Waals surface area contributed by atoms with E-state index in [1.807, 2.05) is 12.1 Å². The fourth-order valence-corrected chi connectivity index (χ4v) is 2.61. The highest BCUT2D eigenvalue weighted by molar-refractivity contribution is 5.26. The number of ether oxygens (including phenoxy) is 1. The van der Waals surface area contributed by atoms with Crippen molar-refractivity contribution in [3.63, 3.8) is 0 Å². The van der Waals surface area contributed by atoms with Crippen LogP contribution in [0.4, 0.5) is 0 Å². The van der Waals surface area contributed by atoms with Crippen LogP contribution in [0.25, 0.3) is 0 Å². The largest absolute Gasteiger partial charge is 0.497 e. The van der Waals surface area contributed by atoms with E-state index in [0.29, 0.717) is 5.92 Å². The summed E-state index contributed by atoms with van der Waals surface area (Å²) in [5.74, 6) is 1.53. The summed E-state index contributed by atoms with van der Waals surface area (Å²) >= 11 is 0. The van der Waals surface area contributed by atoms with Crippen molar-refractivity contribution >= 4 is 0 Å². The number of rotatable bonds is 5. The number of aliphatic hydroxyl groups excluding tert-OH is 1. The lowest BCUT2D eigenvalue weighted by atomic mass is 9.87. The van der Waals surface area contributed by atoms with Gasteiger partial charge in [0.1, 0.15) is 5.75 Å². The normalized spacial score (nSPS) is 23.9.